The molecular weight excluding hydrogens is 236 g/mol. The number of rotatable bonds is 6. The minimum Gasteiger partial charge on any atom is -0.493 e. The molecule has 0 atom stereocenters. The smallest absolute Gasteiger partial charge is 0.121 e. The molecule has 2 rings (SSSR count). The first kappa shape index (κ1) is 14.2. The van der Waals surface area contributed by atoms with E-state index in [0.29, 0.717) is 6.54 Å². The van der Waals surface area contributed by atoms with Gasteiger partial charge in [0, 0.05) is 31.9 Å². The van der Waals surface area contributed by atoms with Crippen LogP contribution in [0.5, 0.6) is 5.75 Å². The Labute approximate surface area is 116 Å². The maximum atomic E-state index is 5.96. The van der Waals surface area contributed by atoms with Crippen LogP contribution in [-0.4, -0.2) is 26.7 Å². The lowest BCUT2D eigenvalue weighted by molar-refractivity contribution is 0.209. The van der Waals surface area contributed by atoms with E-state index in [4.69, 9.17) is 10.5 Å². The minimum atomic E-state index is 0.670. The van der Waals surface area contributed by atoms with E-state index in [1.54, 1.807) is 0 Å². The second-order valence-corrected chi connectivity index (χ2v) is 5.52. The SMILES string of the molecule is CN(CCN)c1cccc(OCC2CCCCC2)c1. The zero-order chi connectivity index (χ0) is 13.5. The molecule has 3 heteroatoms. The van der Waals surface area contributed by atoms with Crippen LogP contribution in [0.15, 0.2) is 24.3 Å². The third kappa shape index (κ3) is 4.43. The molecule has 0 saturated heterocycles. The first-order chi connectivity index (χ1) is 9.29. The van der Waals surface area contributed by atoms with E-state index in [9.17, 15) is 0 Å². The first-order valence-corrected chi connectivity index (χ1v) is 7.43. The van der Waals surface area contributed by atoms with Gasteiger partial charge in [0.1, 0.15) is 5.75 Å². The van der Waals surface area contributed by atoms with Gasteiger partial charge in [-0.2, -0.15) is 0 Å². The average Bonchev–Trinajstić information content (AvgIpc) is 2.47. The van der Waals surface area contributed by atoms with Gasteiger partial charge in [0.05, 0.1) is 6.61 Å². The molecule has 0 spiro atoms. The topological polar surface area (TPSA) is 38.5 Å². The molecule has 0 bridgehead atoms. The van der Waals surface area contributed by atoms with Crippen LogP contribution in [0.25, 0.3) is 0 Å². The van der Waals surface area contributed by atoms with E-state index in [1.807, 2.05) is 6.07 Å². The van der Waals surface area contributed by atoms with Crippen LogP contribution < -0.4 is 15.4 Å². The van der Waals surface area contributed by atoms with Crippen LogP contribution in [0.2, 0.25) is 0 Å². The zero-order valence-corrected chi connectivity index (χ0v) is 12.0. The van der Waals surface area contributed by atoms with Crippen LogP contribution in [-0.2, 0) is 0 Å². The summed E-state index contributed by atoms with van der Waals surface area (Å²) >= 11 is 0. The van der Waals surface area contributed by atoms with Gasteiger partial charge in [0.2, 0.25) is 0 Å². The summed E-state index contributed by atoms with van der Waals surface area (Å²) in [6.07, 6.45) is 6.79. The maximum absolute atomic E-state index is 5.96. The van der Waals surface area contributed by atoms with Gasteiger partial charge in [-0.3, -0.25) is 0 Å². The summed E-state index contributed by atoms with van der Waals surface area (Å²) in [6, 6.07) is 8.31. The molecule has 106 valence electrons. The van der Waals surface area contributed by atoms with Crippen molar-refractivity contribution in [1.82, 2.24) is 0 Å². The summed E-state index contributed by atoms with van der Waals surface area (Å²) in [6.45, 7) is 2.40. The van der Waals surface area contributed by atoms with E-state index >= 15 is 0 Å². The van der Waals surface area contributed by atoms with E-state index in [0.717, 1.165) is 24.8 Å². The number of nitrogens with zero attached hydrogens (tertiary/aromatic N) is 1. The third-order valence-electron chi connectivity index (χ3n) is 3.93. The quantitative estimate of drug-likeness (QED) is 0.856. The fraction of sp³-hybridized carbons (Fsp3) is 0.625. The first-order valence-electron chi connectivity index (χ1n) is 7.43. The fourth-order valence-electron chi connectivity index (χ4n) is 2.70. The largest absolute Gasteiger partial charge is 0.493 e. The van der Waals surface area contributed by atoms with E-state index in [-0.39, 0.29) is 0 Å². The molecule has 1 aliphatic rings. The normalized spacial score (nSPS) is 16.3. The van der Waals surface area contributed by atoms with Crippen molar-refractivity contribution in [1.29, 1.82) is 0 Å². The Kier molecular flexibility index (Phi) is 5.52. The summed E-state index contributed by atoms with van der Waals surface area (Å²) in [7, 11) is 2.06. The van der Waals surface area contributed by atoms with Gasteiger partial charge in [-0.05, 0) is 30.9 Å². The van der Waals surface area contributed by atoms with Crippen molar-refractivity contribution in [2.45, 2.75) is 32.1 Å². The molecule has 0 radical (unpaired) electrons. The molecule has 19 heavy (non-hydrogen) atoms. The Morgan fingerprint density at radius 2 is 2.05 bits per heavy atom. The van der Waals surface area contributed by atoms with Gasteiger partial charge in [0.25, 0.3) is 0 Å². The molecule has 0 amide bonds. The fourth-order valence-corrected chi connectivity index (χ4v) is 2.70. The molecule has 1 fully saturated rings. The van der Waals surface area contributed by atoms with Crippen LogP contribution >= 0.6 is 0 Å². The van der Waals surface area contributed by atoms with E-state index < -0.39 is 0 Å². The maximum Gasteiger partial charge on any atom is 0.121 e. The molecule has 1 aromatic rings. The van der Waals surface area contributed by atoms with Crippen LogP contribution in [0, 0.1) is 5.92 Å². The summed E-state index contributed by atoms with van der Waals surface area (Å²) in [5.74, 6) is 1.73. The summed E-state index contributed by atoms with van der Waals surface area (Å²) in [5, 5.41) is 0. The molecule has 0 unspecified atom stereocenters. The molecule has 0 aromatic heterocycles. The van der Waals surface area contributed by atoms with Gasteiger partial charge >= 0.3 is 0 Å². The number of nitrogens with two attached hydrogens (primary N) is 1. The van der Waals surface area contributed by atoms with Gasteiger partial charge in [-0.15, -0.1) is 0 Å². The van der Waals surface area contributed by atoms with E-state index in [2.05, 4.69) is 30.1 Å². The molecular formula is C16H26N2O. The lowest BCUT2D eigenvalue weighted by Crippen LogP contribution is -2.24. The van der Waals surface area contributed by atoms with Crippen LogP contribution in [0.4, 0.5) is 5.69 Å². The van der Waals surface area contributed by atoms with Gasteiger partial charge in [0.15, 0.2) is 0 Å². The standard InChI is InChI=1S/C16H26N2O/c1-18(11-10-17)15-8-5-9-16(12-15)19-13-14-6-3-2-4-7-14/h5,8-9,12,14H,2-4,6-7,10-11,13,17H2,1H3. The van der Waals surface area contributed by atoms with Crippen molar-refractivity contribution >= 4 is 5.69 Å². The number of likely N-dealkylation sites (N-methyl/N-ethyl adjacent to an activating group) is 1. The highest BCUT2D eigenvalue weighted by Gasteiger charge is 2.14. The number of anilines is 1. The highest BCUT2D eigenvalue weighted by Crippen LogP contribution is 2.26. The molecule has 2 N–H and O–H groups in total. The predicted octanol–water partition coefficient (Wildman–Crippen LogP) is 3.04. The molecule has 3 nitrogen and oxygen atoms in total. The Morgan fingerprint density at radius 1 is 1.26 bits per heavy atom. The van der Waals surface area contributed by atoms with Crippen molar-refractivity contribution in [2.75, 3.05) is 31.6 Å². The minimum absolute atomic E-state index is 0.670. The third-order valence-corrected chi connectivity index (χ3v) is 3.93. The predicted molar refractivity (Wildman–Crippen MR) is 80.8 cm³/mol. The highest BCUT2D eigenvalue weighted by atomic mass is 16.5. The number of benzene rings is 1. The van der Waals surface area contributed by atoms with Crippen molar-refractivity contribution < 1.29 is 4.74 Å². The number of hydrogen-bond acceptors (Lipinski definition) is 3. The van der Waals surface area contributed by atoms with Crippen molar-refractivity contribution in [2.24, 2.45) is 11.7 Å². The molecule has 1 aromatic carbocycles. The van der Waals surface area contributed by atoms with Crippen molar-refractivity contribution in [3.63, 3.8) is 0 Å². The molecule has 1 aliphatic carbocycles. The summed E-state index contributed by atoms with van der Waals surface area (Å²) in [5.41, 5.74) is 6.76. The van der Waals surface area contributed by atoms with Gasteiger partial charge in [-0.25, -0.2) is 0 Å². The molecule has 0 aliphatic heterocycles. The van der Waals surface area contributed by atoms with Gasteiger partial charge in [-0.1, -0.05) is 25.3 Å². The average molecular weight is 262 g/mol. The number of hydrogen-bond donors (Lipinski definition) is 1. The van der Waals surface area contributed by atoms with Crippen LogP contribution in [0.1, 0.15) is 32.1 Å². The van der Waals surface area contributed by atoms with Gasteiger partial charge < -0.3 is 15.4 Å². The Balaban J connectivity index is 1.87. The van der Waals surface area contributed by atoms with Crippen molar-refractivity contribution in [3.05, 3.63) is 24.3 Å². The Bertz CT molecular complexity index is 375. The second-order valence-electron chi connectivity index (χ2n) is 5.52. The highest BCUT2D eigenvalue weighted by molar-refractivity contribution is 5.50. The van der Waals surface area contributed by atoms with Crippen molar-refractivity contribution in [3.8, 4) is 5.75 Å². The Morgan fingerprint density at radius 3 is 2.79 bits per heavy atom. The number of ether oxygens (including phenoxy) is 1. The monoisotopic (exact) mass is 262 g/mol. The Hall–Kier alpha value is -1.22. The summed E-state index contributed by atoms with van der Waals surface area (Å²) < 4.78 is 5.96. The molecule has 1 saturated carbocycles. The lowest BCUT2D eigenvalue weighted by atomic mass is 9.90. The summed E-state index contributed by atoms with van der Waals surface area (Å²) in [4.78, 5) is 2.16. The van der Waals surface area contributed by atoms with E-state index in [1.165, 1.54) is 37.8 Å². The molecule has 0 heterocycles. The van der Waals surface area contributed by atoms with Crippen LogP contribution in [0.3, 0.4) is 0 Å². The lowest BCUT2D eigenvalue weighted by Gasteiger charge is -2.22. The second kappa shape index (κ2) is 7.39. The zero-order valence-electron chi connectivity index (χ0n) is 12.0.